The average molecular weight is 408 g/mol. The van der Waals surface area contributed by atoms with Gasteiger partial charge in [0.15, 0.2) is 0 Å². The van der Waals surface area contributed by atoms with Crippen molar-refractivity contribution >= 4 is 21.8 Å². The molecule has 2 N–H and O–H groups in total. The van der Waals surface area contributed by atoms with Crippen LogP contribution in [-0.2, 0) is 7.05 Å². The fourth-order valence-corrected chi connectivity index (χ4v) is 4.03. The zero-order valence-corrected chi connectivity index (χ0v) is 16.6. The summed E-state index contributed by atoms with van der Waals surface area (Å²) in [5, 5.41) is 13.7. The third kappa shape index (κ3) is 2.82. The lowest BCUT2D eigenvalue weighted by Crippen LogP contribution is -1.85. The summed E-state index contributed by atoms with van der Waals surface area (Å²) in [6, 6.07) is 16.7. The van der Waals surface area contributed by atoms with Gasteiger partial charge in [0.05, 0.1) is 29.3 Å². The Morgan fingerprint density at radius 1 is 0.903 bits per heavy atom. The molecule has 0 bridgehead atoms. The molecule has 0 unspecified atom stereocenters. The number of hydrogen-bond donors (Lipinski definition) is 2. The Labute approximate surface area is 176 Å². The zero-order chi connectivity index (χ0) is 20.9. The van der Waals surface area contributed by atoms with Crippen molar-refractivity contribution in [1.82, 2.24) is 29.9 Å². The molecule has 6 nitrogen and oxygen atoms in total. The number of rotatable bonds is 3. The van der Waals surface area contributed by atoms with E-state index in [4.69, 9.17) is 0 Å². The number of halogens is 1. The molecule has 7 heteroatoms. The minimum atomic E-state index is -0.241. The van der Waals surface area contributed by atoms with E-state index < -0.39 is 0 Å². The molecule has 0 aliphatic rings. The molecular formula is C24H17FN6. The van der Waals surface area contributed by atoms with Crippen LogP contribution in [0.5, 0.6) is 0 Å². The van der Waals surface area contributed by atoms with Gasteiger partial charge in [-0.05, 0) is 29.8 Å². The summed E-state index contributed by atoms with van der Waals surface area (Å²) in [5.74, 6) is -0.241. The smallest absolute Gasteiger partial charge is 0.131 e. The zero-order valence-electron chi connectivity index (χ0n) is 16.6. The van der Waals surface area contributed by atoms with Crippen molar-refractivity contribution in [2.75, 3.05) is 0 Å². The highest BCUT2D eigenvalue weighted by Gasteiger charge is 2.16. The van der Waals surface area contributed by atoms with E-state index in [1.807, 2.05) is 49.6 Å². The number of aromatic amines is 2. The van der Waals surface area contributed by atoms with Gasteiger partial charge in [-0.1, -0.05) is 30.3 Å². The Morgan fingerprint density at radius 3 is 2.61 bits per heavy atom. The molecule has 6 aromatic rings. The summed E-state index contributed by atoms with van der Waals surface area (Å²) in [4.78, 5) is 7.97. The van der Waals surface area contributed by atoms with Crippen molar-refractivity contribution in [3.63, 3.8) is 0 Å². The van der Waals surface area contributed by atoms with Gasteiger partial charge < -0.3 is 4.98 Å². The molecule has 0 fully saturated rings. The van der Waals surface area contributed by atoms with Crippen LogP contribution in [0.3, 0.4) is 0 Å². The number of nitrogens with one attached hydrogen (secondary N) is 2. The Morgan fingerprint density at radius 2 is 1.77 bits per heavy atom. The first-order chi connectivity index (χ1) is 15.2. The van der Waals surface area contributed by atoms with E-state index >= 15 is 0 Å². The second-order valence-corrected chi connectivity index (χ2v) is 7.52. The lowest BCUT2D eigenvalue weighted by molar-refractivity contribution is 0.631. The van der Waals surface area contributed by atoms with Gasteiger partial charge in [-0.3, -0.25) is 14.8 Å². The van der Waals surface area contributed by atoms with Crippen LogP contribution in [0, 0.1) is 5.82 Å². The van der Waals surface area contributed by atoms with Gasteiger partial charge >= 0.3 is 0 Å². The number of fused-ring (bicyclic) bond motifs is 2. The highest BCUT2D eigenvalue weighted by molar-refractivity contribution is 6.01. The Bertz CT molecular complexity index is 1570. The molecule has 0 saturated carbocycles. The summed E-state index contributed by atoms with van der Waals surface area (Å²) in [5.41, 5.74) is 6.60. The van der Waals surface area contributed by atoms with Crippen LogP contribution in [0.25, 0.3) is 55.6 Å². The first kappa shape index (κ1) is 17.6. The van der Waals surface area contributed by atoms with Crippen molar-refractivity contribution in [2.24, 2.45) is 7.05 Å². The van der Waals surface area contributed by atoms with Crippen LogP contribution >= 0.6 is 0 Å². The molecule has 6 rings (SSSR count). The lowest BCUT2D eigenvalue weighted by atomic mass is 10.0. The van der Waals surface area contributed by atoms with Crippen molar-refractivity contribution in [2.45, 2.75) is 0 Å². The fourth-order valence-electron chi connectivity index (χ4n) is 4.03. The van der Waals surface area contributed by atoms with Crippen molar-refractivity contribution in [3.8, 4) is 33.8 Å². The lowest BCUT2D eigenvalue weighted by Gasteiger charge is -2.04. The monoisotopic (exact) mass is 408 g/mol. The van der Waals surface area contributed by atoms with E-state index in [1.54, 1.807) is 29.2 Å². The van der Waals surface area contributed by atoms with Gasteiger partial charge in [-0.15, -0.1) is 0 Å². The minimum absolute atomic E-state index is 0.241. The van der Waals surface area contributed by atoms with Crippen LogP contribution in [0.2, 0.25) is 0 Å². The second kappa shape index (κ2) is 6.63. The van der Waals surface area contributed by atoms with Crippen molar-refractivity contribution < 1.29 is 4.39 Å². The molecular weight excluding hydrogens is 391 g/mol. The van der Waals surface area contributed by atoms with Gasteiger partial charge in [0.2, 0.25) is 0 Å². The maximum absolute atomic E-state index is 14.5. The normalized spacial score (nSPS) is 11.5. The van der Waals surface area contributed by atoms with Gasteiger partial charge in [0.1, 0.15) is 11.5 Å². The Hall–Kier alpha value is -4.26. The maximum atomic E-state index is 14.5. The molecule has 150 valence electrons. The van der Waals surface area contributed by atoms with Crippen molar-refractivity contribution in [3.05, 3.63) is 79.0 Å². The summed E-state index contributed by atoms with van der Waals surface area (Å²) in [6.07, 6.45) is 5.50. The van der Waals surface area contributed by atoms with Crippen LogP contribution < -0.4 is 0 Å². The standard InChI is InChI=1S/C24H17FN6/c1-31-13-14(11-27-31)21-10-18-23(12-26-21)29-30-24(18)22-9-17-15(6-4-8-20(17)28-22)16-5-2-3-7-19(16)25/h2-13,28H,1H3,(H,29,30). The number of benzene rings is 2. The molecule has 0 spiro atoms. The molecule has 0 atom stereocenters. The SMILES string of the molecule is Cn1cc(-c2cc3c(-c4cc5c(-c6ccccc6F)cccc5[nH]4)n[nH]c3cn2)cn1. The summed E-state index contributed by atoms with van der Waals surface area (Å²) in [6.45, 7) is 0. The van der Waals surface area contributed by atoms with E-state index in [0.717, 1.165) is 50.0 Å². The van der Waals surface area contributed by atoms with Crippen molar-refractivity contribution in [1.29, 1.82) is 0 Å². The predicted octanol–water partition coefficient (Wildman–Crippen LogP) is 5.31. The first-order valence-corrected chi connectivity index (χ1v) is 9.87. The van der Waals surface area contributed by atoms with Crippen LogP contribution in [0.4, 0.5) is 4.39 Å². The van der Waals surface area contributed by atoms with E-state index in [9.17, 15) is 4.39 Å². The van der Waals surface area contributed by atoms with Crippen LogP contribution in [0.1, 0.15) is 0 Å². The van der Waals surface area contributed by atoms with Gasteiger partial charge in [-0.2, -0.15) is 10.2 Å². The first-order valence-electron chi connectivity index (χ1n) is 9.87. The average Bonchev–Trinajstić information content (AvgIpc) is 3.50. The van der Waals surface area contributed by atoms with Gasteiger partial charge in [-0.25, -0.2) is 4.39 Å². The molecule has 0 aliphatic carbocycles. The number of aromatic nitrogens is 6. The highest BCUT2D eigenvalue weighted by atomic mass is 19.1. The summed E-state index contributed by atoms with van der Waals surface area (Å²) < 4.78 is 16.2. The van der Waals surface area contributed by atoms with Gasteiger partial charge in [0.25, 0.3) is 0 Å². The molecule has 4 aromatic heterocycles. The molecule has 0 radical (unpaired) electrons. The Kier molecular flexibility index (Phi) is 3.76. The molecule has 2 aromatic carbocycles. The molecule has 0 aliphatic heterocycles. The largest absolute Gasteiger partial charge is 0.353 e. The third-order valence-electron chi connectivity index (χ3n) is 5.53. The van der Waals surface area contributed by atoms with Crippen LogP contribution in [0.15, 0.2) is 73.2 Å². The topological polar surface area (TPSA) is 75.2 Å². The third-order valence-corrected chi connectivity index (χ3v) is 5.53. The van der Waals surface area contributed by atoms with Gasteiger partial charge in [0, 0.05) is 40.7 Å². The second-order valence-electron chi connectivity index (χ2n) is 7.52. The van der Waals surface area contributed by atoms with E-state index in [2.05, 4.69) is 25.3 Å². The number of pyridine rings is 1. The highest BCUT2D eigenvalue weighted by Crippen LogP contribution is 2.35. The molecule has 0 amide bonds. The summed E-state index contributed by atoms with van der Waals surface area (Å²) >= 11 is 0. The molecule has 0 saturated heterocycles. The molecule has 4 heterocycles. The number of nitrogens with zero attached hydrogens (tertiary/aromatic N) is 4. The maximum Gasteiger partial charge on any atom is 0.131 e. The summed E-state index contributed by atoms with van der Waals surface area (Å²) in [7, 11) is 1.88. The predicted molar refractivity (Wildman–Crippen MR) is 119 cm³/mol. The van der Waals surface area contributed by atoms with E-state index in [-0.39, 0.29) is 5.82 Å². The quantitative estimate of drug-likeness (QED) is 0.417. The number of hydrogen-bond acceptors (Lipinski definition) is 3. The number of H-pyrrole nitrogens is 2. The van der Waals surface area contributed by atoms with E-state index in [1.165, 1.54) is 6.07 Å². The molecule has 31 heavy (non-hydrogen) atoms. The number of aryl methyl sites for hydroxylation is 1. The fraction of sp³-hybridized carbons (Fsp3) is 0.0417. The minimum Gasteiger partial charge on any atom is -0.353 e. The Balaban J connectivity index is 1.52. The van der Waals surface area contributed by atoms with E-state index in [0.29, 0.717) is 5.56 Å². The van der Waals surface area contributed by atoms with Crippen LogP contribution in [-0.4, -0.2) is 29.9 Å².